The van der Waals surface area contributed by atoms with E-state index >= 15 is 0 Å². The van der Waals surface area contributed by atoms with Gasteiger partial charge in [0.1, 0.15) is 0 Å². The van der Waals surface area contributed by atoms with E-state index in [1.54, 1.807) is 0 Å². The van der Waals surface area contributed by atoms with Crippen molar-refractivity contribution < 1.29 is 14.7 Å². The average molecular weight is 285 g/mol. The minimum atomic E-state index is -0.915. The molecule has 0 bridgehead atoms. The molecule has 4 heteroatoms. The van der Waals surface area contributed by atoms with Crippen molar-refractivity contribution in [3.63, 3.8) is 0 Å². The molecule has 0 saturated heterocycles. The number of carboxylic acids is 1. The number of carboxylic acid groups (broad SMARTS) is 1. The molecule has 0 aliphatic heterocycles. The molecule has 0 aliphatic rings. The lowest BCUT2D eigenvalue weighted by Gasteiger charge is -2.40. The molecule has 0 aromatic heterocycles. The molecule has 0 radical (unpaired) electrons. The molecule has 118 valence electrons. The van der Waals surface area contributed by atoms with E-state index in [2.05, 4.69) is 27.7 Å². The van der Waals surface area contributed by atoms with Gasteiger partial charge in [0.25, 0.3) is 0 Å². The molecule has 0 aliphatic carbocycles. The first-order chi connectivity index (χ1) is 9.05. The molecule has 1 N–H and O–H groups in total. The molecule has 0 saturated carbocycles. The number of rotatable bonds is 9. The monoisotopic (exact) mass is 285 g/mol. The first kappa shape index (κ1) is 18.9. The molecule has 0 atom stereocenters. The molecule has 0 heterocycles. The number of nitrogens with zero attached hydrogens (tertiary/aromatic N) is 1. The summed E-state index contributed by atoms with van der Waals surface area (Å²) in [6.45, 7) is 13.4. The SMILES string of the molecule is CCC(C)(C)CCN(C(=O)CCC(=O)O)C(C)(C)CC. The predicted octanol–water partition coefficient (Wildman–Crippen LogP) is 3.69. The standard InChI is InChI=1S/C16H31NO3/c1-7-15(3,4)11-12-17(16(5,6)8-2)13(18)9-10-14(19)20/h7-12H2,1-6H3,(H,19,20). The minimum absolute atomic E-state index is 0.0499. The Hall–Kier alpha value is -1.06. The summed E-state index contributed by atoms with van der Waals surface area (Å²) in [4.78, 5) is 24.8. The van der Waals surface area contributed by atoms with E-state index in [1.807, 2.05) is 18.7 Å². The van der Waals surface area contributed by atoms with Gasteiger partial charge < -0.3 is 10.0 Å². The maximum atomic E-state index is 12.3. The fourth-order valence-electron chi connectivity index (χ4n) is 1.90. The van der Waals surface area contributed by atoms with E-state index in [9.17, 15) is 9.59 Å². The molecule has 0 aromatic carbocycles. The summed E-state index contributed by atoms with van der Waals surface area (Å²) in [6, 6.07) is 0. The summed E-state index contributed by atoms with van der Waals surface area (Å²) in [5, 5.41) is 8.73. The topological polar surface area (TPSA) is 57.6 Å². The molecule has 0 spiro atoms. The van der Waals surface area contributed by atoms with Gasteiger partial charge in [0.2, 0.25) is 5.91 Å². The van der Waals surface area contributed by atoms with Crippen LogP contribution in [-0.2, 0) is 9.59 Å². The Morgan fingerprint density at radius 3 is 1.95 bits per heavy atom. The quantitative estimate of drug-likeness (QED) is 0.703. The zero-order chi connectivity index (χ0) is 16.0. The van der Waals surface area contributed by atoms with Crippen LogP contribution in [0.25, 0.3) is 0 Å². The van der Waals surface area contributed by atoms with E-state index in [1.165, 1.54) is 0 Å². The van der Waals surface area contributed by atoms with Crippen LogP contribution < -0.4 is 0 Å². The number of aliphatic carboxylic acids is 1. The van der Waals surface area contributed by atoms with Crippen molar-refractivity contribution in [3.8, 4) is 0 Å². The van der Waals surface area contributed by atoms with Crippen LogP contribution in [0.5, 0.6) is 0 Å². The maximum absolute atomic E-state index is 12.3. The van der Waals surface area contributed by atoms with E-state index in [0.717, 1.165) is 19.3 Å². The van der Waals surface area contributed by atoms with Crippen molar-refractivity contribution in [2.24, 2.45) is 5.41 Å². The fourth-order valence-corrected chi connectivity index (χ4v) is 1.90. The van der Waals surface area contributed by atoms with E-state index < -0.39 is 5.97 Å². The lowest BCUT2D eigenvalue weighted by molar-refractivity contribution is -0.143. The fraction of sp³-hybridized carbons (Fsp3) is 0.875. The second-order valence-corrected chi connectivity index (χ2v) is 6.87. The number of carbonyl (C=O) groups is 2. The van der Waals surface area contributed by atoms with Crippen LogP contribution in [-0.4, -0.2) is 34.0 Å². The van der Waals surface area contributed by atoms with Crippen molar-refractivity contribution >= 4 is 11.9 Å². The van der Waals surface area contributed by atoms with Crippen LogP contribution in [0.3, 0.4) is 0 Å². The summed E-state index contributed by atoms with van der Waals surface area (Å²) in [7, 11) is 0. The maximum Gasteiger partial charge on any atom is 0.303 e. The Kier molecular flexibility index (Phi) is 7.25. The zero-order valence-electron chi connectivity index (χ0n) is 14.0. The summed E-state index contributed by atoms with van der Waals surface area (Å²) >= 11 is 0. The van der Waals surface area contributed by atoms with Gasteiger partial charge in [-0.05, 0) is 32.1 Å². The highest BCUT2D eigenvalue weighted by Gasteiger charge is 2.30. The molecular formula is C16H31NO3. The van der Waals surface area contributed by atoms with Crippen LogP contribution in [0.4, 0.5) is 0 Å². The van der Waals surface area contributed by atoms with Crippen molar-refractivity contribution in [2.45, 2.75) is 79.2 Å². The van der Waals surface area contributed by atoms with Crippen molar-refractivity contribution in [2.75, 3.05) is 6.54 Å². The Bertz CT molecular complexity index is 335. The van der Waals surface area contributed by atoms with Gasteiger partial charge >= 0.3 is 5.97 Å². The number of amides is 1. The van der Waals surface area contributed by atoms with Crippen LogP contribution in [0.1, 0.15) is 73.6 Å². The van der Waals surface area contributed by atoms with Crippen LogP contribution in [0.15, 0.2) is 0 Å². The third-order valence-electron chi connectivity index (χ3n) is 4.42. The Labute approximate surface area is 123 Å². The van der Waals surface area contributed by atoms with Crippen molar-refractivity contribution in [1.29, 1.82) is 0 Å². The van der Waals surface area contributed by atoms with Gasteiger partial charge in [-0.3, -0.25) is 9.59 Å². The molecule has 0 aromatic rings. The normalized spacial score (nSPS) is 12.3. The molecule has 20 heavy (non-hydrogen) atoms. The summed E-state index contributed by atoms with van der Waals surface area (Å²) in [6.07, 6.45) is 2.86. The highest BCUT2D eigenvalue weighted by atomic mass is 16.4. The second-order valence-electron chi connectivity index (χ2n) is 6.87. The Morgan fingerprint density at radius 2 is 1.55 bits per heavy atom. The summed E-state index contributed by atoms with van der Waals surface area (Å²) in [5.74, 6) is -0.965. The lowest BCUT2D eigenvalue weighted by atomic mass is 9.85. The molecule has 0 unspecified atom stereocenters. The van der Waals surface area contributed by atoms with Crippen LogP contribution >= 0.6 is 0 Å². The van der Waals surface area contributed by atoms with E-state index in [4.69, 9.17) is 5.11 Å². The number of hydrogen-bond acceptors (Lipinski definition) is 2. The largest absolute Gasteiger partial charge is 0.481 e. The zero-order valence-corrected chi connectivity index (χ0v) is 14.0. The average Bonchev–Trinajstić information content (AvgIpc) is 2.36. The molecule has 4 nitrogen and oxygen atoms in total. The van der Waals surface area contributed by atoms with Crippen LogP contribution in [0, 0.1) is 5.41 Å². The Morgan fingerprint density at radius 1 is 1.00 bits per heavy atom. The van der Waals surface area contributed by atoms with Crippen LogP contribution in [0.2, 0.25) is 0 Å². The lowest BCUT2D eigenvalue weighted by Crippen LogP contribution is -2.48. The van der Waals surface area contributed by atoms with Gasteiger partial charge in [0.15, 0.2) is 0 Å². The number of carbonyl (C=O) groups excluding carboxylic acids is 1. The Balaban J connectivity index is 4.82. The van der Waals surface area contributed by atoms with Gasteiger partial charge in [-0.15, -0.1) is 0 Å². The van der Waals surface area contributed by atoms with Crippen molar-refractivity contribution in [3.05, 3.63) is 0 Å². The molecule has 1 amide bonds. The first-order valence-corrected chi connectivity index (χ1v) is 7.58. The van der Waals surface area contributed by atoms with Gasteiger partial charge in [0, 0.05) is 18.5 Å². The van der Waals surface area contributed by atoms with Crippen molar-refractivity contribution in [1.82, 2.24) is 4.90 Å². The third-order valence-corrected chi connectivity index (χ3v) is 4.42. The summed E-state index contributed by atoms with van der Waals surface area (Å²) < 4.78 is 0. The first-order valence-electron chi connectivity index (χ1n) is 7.58. The van der Waals surface area contributed by atoms with Gasteiger partial charge in [-0.25, -0.2) is 0 Å². The minimum Gasteiger partial charge on any atom is -0.481 e. The van der Waals surface area contributed by atoms with E-state index in [0.29, 0.717) is 6.54 Å². The second kappa shape index (κ2) is 7.65. The van der Waals surface area contributed by atoms with Gasteiger partial charge in [0.05, 0.1) is 6.42 Å². The predicted molar refractivity (Wildman–Crippen MR) is 81.6 cm³/mol. The smallest absolute Gasteiger partial charge is 0.303 e. The van der Waals surface area contributed by atoms with Gasteiger partial charge in [-0.1, -0.05) is 34.1 Å². The summed E-state index contributed by atoms with van der Waals surface area (Å²) in [5.41, 5.74) is -0.0193. The van der Waals surface area contributed by atoms with Gasteiger partial charge in [-0.2, -0.15) is 0 Å². The molecule has 0 fully saturated rings. The van der Waals surface area contributed by atoms with E-state index in [-0.39, 0.29) is 29.7 Å². The highest BCUT2D eigenvalue weighted by Crippen LogP contribution is 2.28. The molecular weight excluding hydrogens is 254 g/mol. The molecule has 0 rings (SSSR count). The highest BCUT2D eigenvalue weighted by molar-refractivity contribution is 5.81. The number of hydrogen-bond donors (Lipinski definition) is 1. The third kappa shape index (κ3) is 6.40.